The van der Waals surface area contributed by atoms with E-state index in [1.165, 1.54) is 12.4 Å². The van der Waals surface area contributed by atoms with Crippen LogP contribution in [0.15, 0.2) is 42.7 Å². The number of benzene rings is 1. The fourth-order valence-corrected chi connectivity index (χ4v) is 3.11. The Hall–Kier alpha value is -3.66. The van der Waals surface area contributed by atoms with Crippen LogP contribution in [0, 0.1) is 0 Å². The summed E-state index contributed by atoms with van der Waals surface area (Å²) in [6, 6.07) is 9.21. The van der Waals surface area contributed by atoms with Crippen LogP contribution in [-0.2, 0) is 6.42 Å². The topological polar surface area (TPSA) is 112 Å². The Bertz CT molecular complexity index is 1020. The molecule has 1 aliphatic rings. The van der Waals surface area contributed by atoms with E-state index in [9.17, 15) is 4.79 Å². The molecule has 1 aliphatic heterocycles. The molecule has 0 spiro atoms. The molecule has 0 saturated carbocycles. The Morgan fingerprint density at radius 1 is 1.00 bits per heavy atom. The number of nitrogens with one attached hydrogen (secondary N) is 2. The molecule has 4 rings (SSSR count). The molecule has 1 saturated heterocycles. The predicted octanol–water partition coefficient (Wildman–Crippen LogP) is 1.97. The smallest absolute Gasteiger partial charge is 0.275 e. The van der Waals surface area contributed by atoms with Gasteiger partial charge in [-0.25, -0.2) is 9.97 Å². The zero-order valence-electron chi connectivity index (χ0n) is 17.6. The summed E-state index contributed by atoms with van der Waals surface area (Å²) in [5, 5.41) is 5.86. The largest absolute Gasteiger partial charge is 0.338 e. The van der Waals surface area contributed by atoms with Crippen LogP contribution in [0.5, 0.6) is 0 Å². The van der Waals surface area contributed by atoms with Gasteiger partial charge >= 0.3 is 0 Å². The summed E-state index contributed by atoms with van der Waals surface area (Å²) in [7, 11) is 2.11. The van der Waals surface area contributed by atoms with Crippen LogP contribution >= 0.6 is 0 Å². The van der Waals surface area contributed by atoms with E-state index >= 15 is 0 Å². The highest BCUT2D eigenvalue weighted by atomic mass is 16.1. The van der Waals surface area contributed by atoms with Gasteiger partial charge in [0, 0.05) is 38.3 Å². The third-order valence-electron chi connectivity index (χ3n) is 4.93. The number of hydrogen-bond acceptors (Lipinski definition) is 9. The van der Waals surface area contributed by atoms with E-state index in [-0.39, 0.29) is 11.6 Å². The van der Waals surface area contributed by atoms with Crippen molar-refractivity contribution in [2.45, 2.75) is 13.3 Å². The summed E-state index contributed by atoms with van der Waals surface area (Å²) in [6.07, 6.45) is 3.61. The van der Waals surface area contributed by atoms with Crippen molar-refractivity contribution in [1.82, 2.24) is 29.8 Å². The number of carbonyl (C=O) groups excluding carboxylic acids is 1. The lowest BCUT2D eigenvalue weighted by atomic mass is 10.3. The van der Waals surface area contributed by atoms with Crippen molar-refractivity contribution in [3.8, 4) is 0 Å². The normalized spacial score (nSPS) is 14.3. The summed E-state index contributed by atoms with van der Waals surface area (Å²) >= 11 is 0. The van der Waals surface area contributed by atoms with Gasteiger partial charge in [0.15, 0.2) is 5.82 Å². The van der Waals surface area contributed by atoms with Gasteiger partial charge in [-0.1, -0.05) is 25.1 Å². The molecule has 10 heteroatoms. The molecule has 0 aliphatic carbocycles. The number of aromatic nitrogens is 5. The van der Waals surface area contributed by atoms with E-state index in [1.807, 2.05) is 37.3 Å². The molecule has 3 heterocycles. The summed E-state index contributed by atoms with van der Waals surface area (Å²) in [4.78, 5) is 38.9. The van der Waals surface area contributed by atoms with Crippen molar-refractivity contribution in [3.63, 3.8) is 0 Å². The first-order chi connectivity index (χ1) is 15.1. The van der Waals surface area contributed by atoms with Crippen molar-refractivity contribution in [3.05, 3.63) is 54.2 Å². The molecule has 2 aromatic heterocycles. The average molecular weight is 419 g/mol. The lowest BCUT2D eigenvalue weighted by Gasteiger charge is -2.32. The SMILES string of the molecule is CCc1nc(Nc2cnc(C(=O)Nc3ccccc3)cn2)nc(N2CCN(C)CC2)n1. The summed E-state index contributed by atoms with van der Waals surface area (Å²) < 4.78 is 0. The van der Waals surface area contributed by atoms with E-state index in [2.05, 4.69) is 52.4 Å². The van der Waals surface area contributed by atoms with Gasteiger partial charge < -0.3 is 20.4 Å². The second-order valence-corrected chi connectivity index (χ2v) is 7.25. The fourth-order valence-electron chi connectivity index (χ4n) is 3.11. The highest BCUT2D eigenvalue weighted by Gasteiger charge is 2.18. The lowest BCUT2D eigenvalue weighted by molar-refractivity contribution is 0.102. The molecule has 2 N–H and O–H groups in total. The first-order valence-corrected chi connectivity index (χ1v) is 10.2. The number of rotatable bonds is 6. The zero-order chi connectivity index (χ0) is 21.6. The standard InChI is InChI=1S/C21H25N9O/c1-3-17-25-20(28-21(27-17)30-11-9-29(2)10-12-30)26-18-14-22-16(13-23-18)19(31)24-15-7-5-4-6-8-15/h4-8,13-14H,3,9-12H2,1-2H3,(H,24,31)(H,23,25,26,27,28). The third-order valence-corrected chi connectivity index (χ3v) is 4.93. The Morgan fingerprint density at radius 3 is 2.45 bits per heavy atom. The van der Waals surface area contributed by atoms with Gasteiger partial charge in [-0.2, -0.15) is 15.0 Å². The van der Waals surface area contributed by atoms with E-state index in [4.69, 9.17) is 0 Å². The molecular weight excluding hydrogens is 394 g/mol. The minimum atomic E-state index is -0.323. The maximum absolute atomic E-state index is 12.3. The highest BCUT2D eigenvalue weighted by Crippen LogP contribution is 2.16. The number of carbonyl (C=O) groups is 1. The van der Waals surface area contributed by atoms with Crippen LogP contribution in [0.2, 0.25) is 0 Å². The zero-order valence-corrected chi connectivity index (χ0v) is 17.6. The number of hydrogen-bond donors (Lipinski definition) is 2. The molecular formula is C21H25N9O. The van der Waals surface area contributed by atoms with Crippen LogP contribution in [-0.4, -0.2) is 69.0 Å². The molecule has 0 atom stereocenters. The summed E-state index contributed by atoms with van der Waals surface area (Å²) in [5.74, 6) is 1.91. The maximum atomic E-state index is 12.3. The van der Waals surface area contributed by atoms with Gasteiger partial charge in [-0.3, -0.25) is 4.79 Å². The van der Waals surface area contributed by atoms with E-state index < -0.39 is 0 Å². The number of piperazine rings is 1. The number of nitrogens with zero attached hydrogens (tertiary/aromatic N) is 7. The maximum Gasteiger partial charge on any atom is 0.275 e. The van der Waals surface area contributed by atoms with Crippen LogP contribution in [0.1, 0.15) is 23.2 Å². The number of anilines is 4. The predicted molar refractivity (Wildman–Crippen MR) is 119 cm³/mol. The molecule has 3 aromatic rings. The van der Waals surface area contributed by atoms with Crippen LogP contribution in [0.25, 0.3) is 0 Å². The summed E-state index contributed by atoms with van der Waals surface area (Å²) in [5.41, 5.74) is 0.919. The molecule has 160 valence electrons. The molecule has 0 unspecified atom stereocenters. The fraction of sp³-hybridized carbons (Fsp3) is 0.333. The summed E-state index contributed by atoms with van der Waals surface area (Å²) in [6.45, 7) is 5.68. The van der Waals surface area contributed by atoms with Crippen molar-refractivity contribution < 1.29 is 4.79 Å². The average Bonchev–Trinajstić information content (AvgIpc) is 2.80. The van der Waals surface area contributed by atoms with E-state index in [0.29, 0.717) is 35.6 Å². The molecule has 0 bridgehead atoms. The quantitative estimate of drug-likeness (QED) is 0.619. The Kier molecular flexibility index (Phi) is 6.27. The molecule has 1 amide bonds. The van der Waals surface area contributed by atoms with Crippen LogP contribution < -0.4 is 15.5 Å². The molecule has 10 nitrogen and oxygen atoms in total. The molecule has 1 aromatic carbocycles. The van der Waals surface area contributed by atoms with Gasteiger partial charge in [-0.15, -0.1) is 0 Å². The van der Waals surface area contributed by atoms with E-state index in [1.54, 1.807) is 0 Å². The second kappa shape index (κ2) is 9.43. The second-order valence-electron chi connectivity index (χ2n) is 7.25. The van der Waals surface area contributed by atoms with Crippen molar-refractivity contribution in [2.75, 3.05) is 48.8 Å². The highest BCUT2D eigenvalue weighted by molar-refractivity contribution is 6.02. The number of amides is 1. The van der Waals surface area contributed by atoms with Gasteiger partial charge in [0.2, 0.25) is 11.9 Å². The Balaban J connectivity index is 1.46. The molecule has 31 heavy (non-hydrogen) atoms. The van der Waals surface area contributed by atoms with Gasteiger partial charge in [-0.05, 0) is 19.2 Å². The van der Waals surface area contributed by atoms with Gasteiger partial charge in [0.25, 0.3) is 5.91 Å². The van der Waals surface area contributed by atoms with Crippen LogP contribution in [0.3, 0.4) is 0 Å². The third kappa shape index (κ3) is 5.28. The van der Waals surface area contributed by atoms with Crippen molar-refractivity contribution >= 4 is 29.3 Å². The molecule has 1 fully saturated rings. The van der Waals surface area contributed by atoms with Crippen molar-refractivity contribution in [1.29, 1.82) is 0 Å². The monoisotopic (exact) mass is 419 g/mol. The minimum Gasteiger partial charge on any atom is -0.338 e. The number of aryl methyl sites for hydroxylation is 1. The first-order valence-electron chi connectivity index (χ1n) is 10.2. The lowest BCUT2D eigenvalue weighted by Crippen LogP contribution is -2.45. The Labute approximate surface area is 180 Å². The van der Waals surface area contributed by atoms with Crippen LogP contribution in [0.4, 0.5) is 23.4 Å². The number of para-hydroxylation sites is 1. The van der Waals surface area contributed by atoms with Gasteiger partial charge in [0.1, 0.15) is 11.5 Å². The Morgan fingerprint density at radius 2 is 1.77 bits per heavy atom. The van der Waals surface area contributed by atoms with Crippen molar-refractivity contribution in [2.24, 2.45) is 0 Å². The number of likely N-dealkylation sites (N-methyl/N-ethyl adjacent to an activating group) is 1. The molecule has 0 radical (unpaired) electrons. The van der Waals surface area contributed by atoms with E-state index in [0.717, 1.165) is 26.2 Å². The first kappa shape index (κ1) is 20.6. The van der Waals surface area contributed by atoms with Gasteiger partial charge in [0.05, 0.1) is 12.4 Å². The minimum absolute atomic E-state index is 0.220.